The van der Waals surface area contributed by atoms with Gasteiger partial charge in [0.05, 0.1) is 12.6 Å². The molecule has 1 unspecified atom stereocenters. The normalized spacial score (nSPS) is 23.4. The molecule has 0 saturated carbocycles. The molecule has 0 radical (unpaired) electrons. The lowest BCUT2D eigenvalue weighted by atomic mass is 10.1. The first kappa shape index (κ1) is 18.1. The molecule has 0 bridgehead atoms. The summed E-state index contributed by atoms with van der Waals surface area (Å²) in [6.45, 7) is 1.27. The number of amides is 2. The fourth-order valence-corrected chi connectivity index (χ4v) is 3.35. The molecular formula is C17H20ClF2N3O2. The van der Waals surface area contributed by atoms with Crippen molar-refractivity contribution in [2.24, 2.45) is 0 Å². The van der Waals surface area contributed by atoms with Gasteiger partial charge in [-0.1, -0.05) is 11.6 Å². The van der Waals surface area contributed by atoms with E-state index in [-0.39, 0.29) is 11.8 Å². The van der Waals surface area contributed by atoms with Crippen LogP contribution in [0.25, 0.3) is 0 Å². The monoisotopic (exact) mass is 371 g/mol. The Morgan fingerprint density at radius 2 is 1.72 bits per heavy atom. The number of rotatable bonds is 2. The van der Waals surface area contributed by atoms with Gasteiger partial charge in [0, 0.05) is 43.2 Å². The van der Waals surface area contributed by atoms with Crippen LogP contribution in [0.3, 0.4) is 0 Å². The standard InChI is InChI=1S/C17H20ClF2N3O2/c18-13-4-2-12(3-5-13)15(24)22-6-1-7-23(9-8-22)16(25)14-10-17(19,20)11-21-14/h2-5,14,21H,1,6-11H2. The van der Waals surface area contributed by atoms with E-state index in [4.69, 9.17) is 11.6 Å². The molecule has 1 N–H and O–H groups in total. The predicted octanol–water partition coefficient (Wildman–Crippen LogP) is 2.01. The van der Waals surface area contributed by atoms with Crippen LogP contribution in [0.4, 0.5) is 8.78 Å². The summed E-state index contributed by atoms with van der Waals surface area (Å²) in [5.74, 6) is -3.25. The van der Waals surface area contributed by atoms with Crippen LogP contribution in [0.15, 0.2) is 24.3 Å². The van der Waals surface area contributed by atoms with E-state index >= 15 is 0 Å². The van der Waals surface area contributed by atoms with Gasteiger partial charge in [0.15, 0.2) is 0 Å². The minimum absolute atomic E-state index is 0.114. The number of carbonyl (C=O) groups excluding carboxylic acids is 2. The van der Waals surface area contributed by atoms with Gasteiger partial charge >= 0.3 is 0 Å². The Morgan fingerprint density at radius 1 is 1.08 bits per heavy atom. The summed E-state index contributed by atoms with van der Waals surface area (Å²) >= 11 is 5.84. The molecule has 1 aromatic rings. The summed E-state index contributed by atoms with van der Waals surface area (Å²) in [5, 5.41) is 3.16. The molecule has 1 atom stereocenters. The highest BCUT2D eigenvalue weighted by Crippen LogP contribution is 2.26. The zero-order chi connectivity index (χ0) is 18.0. The number of hydrogen-bond donors (Lipinski definition) is 1. The number of alkyl halides is 2. The summed E-state index contributed by atoms with van der Waals surface area (Å²) in [6.07, 6.45) is 0.157. The van der Waals surface area contributed by atoms with Crippen molar-refractivity contribution in [2.75, 3.05) is 32.7 Å². The van der Waals surface area contributed by atoms with Crippen LogP contribution >= 0.6 is 11.6 Å². The van der Waals surface area contributed by atoms with Crippen LogP contribution in [-0.2, 0) is 4.79 Å². The number of hydrogen-bond acceptors (Lipinski definition) is 3. The molecular weight excluding hydrogens is 352 g/mol. The third kappa shape index (κ3) is 4.27. The first-order valence-electron chi connectivity index (χ1n) is 8.30. The number of halogens is 3. The largest absolute Gasteiger partial charge is 0.339 e. The summed E-state index contributed by atoms with van der Waals surface area (Å²) in [6, 6.07) is 5.82. The lowest BCUT2D eigenvalue weighted by Gasteiger charge is -2.24. The molecule has 5 nitrogen and oxygen atoms in total. The highest BCUT2D eigenvalue weighted by molar-refractivity contribution is 6.30. The molecule has 0 aliphatic carbocycles. The van der Waals surface area contributed by atoms with E-state index in [2.05, 4.69) is 5.32 Å². The zero-order valence-electron chi connectivity index (χ0n) is 13.7. The van der Waals surface area contributed by atoms with Gasteiger partial charge in [-0.05, 0) is 30.7 Å². The molecule has 2 aliphatic heterocycles. The Hall–Kier alpha value is -1.73. The summed E-state index contributed by atoms with van der Waals surface area (Å²) in [7, 11) is 0. The first-order chi connectivity index (χ1) is 11.9. The molecule has 8 heteroatoms. The van der Waals surface area contributed by atoms with E-state index in [1.807, 2.05) is 0 Å². The Bertz CT molecular complexity index is 654. The summed E-state index contributed by atoms with van der Waals surface area (Å²) in [5.41, 5.74) is 0.543. The second-order valence-corrected chi connectivity index (χ2v) is 6.91. The van der Waals surface area contributed by atoms with Crippen molar-refractivity contribution in [2.45, 2.75) is 24.8 Å². The van der Waals surface area contributed by atoms with Crippen molar-refractivity contribution in [3.63, 3.8) is 0 Å². The van der Waals surface area contributed by atoms with Crippen molar-refractivity contribution in [1.82, 2.24) is 15.1 Å². The van der Waals surface area contributed by atoms with Crippen molar-refractivity contribution in [3.8, 4) is 0 Å². The Morgan fingerprint density at radius 3 is 2.36 bits per heavy atom. The van der Waals surface area contributed by atoms with Crippen molar-refractivity contribution in [3.05, 3.63) is 34.9 Å². The summed E-state index contributed by atoms with van der Waals surface area (Å²) < 4.78 is 26.6. The molecule has 2 amide bonds. The molecule has 2 saturated heterocycles. The van der Waals surface area contributed by atoms with E-state index < -0.39 is 24.9 Å². The lowest BCUT2D eigenvalue weighted by molar-refractivity contribution is -0.133. The van der Waals surface area contributed by atoms with Gasteiger partial charge in [-0.25, -0.2) is 8.78 Å². The second kappa shape index (κ2) is 7.25. The SMILES string of the molecule is O=C(c1ccc(Cl)cc1)N1CCCN(C(=O)C2CC(F)(F)CN2)CC1. The molecule has 1 aromatic carbocycles. The number of nitrogens with zero attached hydrogens (tertiary/aromatic N) is 2. The maximum Gasteiger partial charge on any atom is 0.262 e. The van der Waals surface area contributed by atoms with E-state index in [1.54, 1.807) is 34.1 Å². The first-order valence-corrected chi connectivity index (χ1v) is 8.68. The van der Waals surface area contributed by atoms with Crippen LogP contribution < -0.4 is 5.32 Å². The van der Waals surface area contributed by atoms with Gasteiger partial charge in [-0.2, -0.15) is 0 Å². The summed E-state index contributed by atoms with van der Waals surface area (Å²) in [4.78, 5) is 28.3. The van der Waals surface area contributed by atoms with Crippen molar-refractivity contribution < 1.29 is 18.4 Å². The maximum absolute atomic E-state index is 13.3. The molecule has 0 aromatic heterocycles. The van der Waals surface area contributed by atoms with E-state index in [0.717, 1.165) is 0 Å². The molecule has 25 heavy (non-hydrogen) atoms. The van der Waals surface area contributed by atoms with Crippen LogP contribution in [0.2, 0.25) is 5.02 Å². The topological polar surface area (TPSA) is 52.7 Å². The quantitative estimate of drug-likeness (QED) is 0.865. The molecule has 136 valence electrons. The number of carbonyl (C=O) groups is 2. The molecule has 0 spiro atoms. The lowest BCUT2D eigenvalue weighted by Crippen LogP contribution is -2.45. The fraction of sp³-hybridized carbons (Fsp3) is 0.529. The second-order valence-electron chi connectivity index (χ2n) is 6.47. The van der Waals surface area contributed by atoms with Crippen LogP contribution in [0.1, 0.15) is 23.2 Å². The average molecular weight is 372 g/mol. The van der Waals surface area contributed by atoms with E-state index in [9.17, 15) is 18.4 Å². The minimum atomic E-state index is -2.83. The third-order valence-electron chi connectivity index (χ3n) is 4.59. The van der Waals surface area contributed by atoms with Gasteiger partial charge < -0.3 is 9.80 Å². The number of benzene rings is 1. The van der Waals surface area contributed by atoms with E-state index in [1.165, 1.54) is 0 Å². The number of nitrogens with one attached hydrogen (secondary N) is 1. The van der Waals surface area contributed by atoms with Crippen molar-refractivity contribution >= 4 is 23.4 Å². The molecule has 3 rings (SSSR count). The van der Waals surface area contributed by atoms with Crippen LogP contribution in [-0.4, -0.2) is 66.3 Å². The fourth-order valence-electron chi connectivity index (χ4n) is 3.23. The van der Waals surface area contributed by atoms with E-state index in [0.29, 0.717) is 43.2 Å². The van der Waals surface area contributed by atoms with Gasteiger partial charge in [-0.3, -0.25) is 14.9 Å². The Kier molecular flexibility index (Phi) is 5.24. The smallest absolute Gasteiger partial charge is 0.262 e. The van der Waals surface area contributed by atoms with Gasteiger partial charge in [0.1, 0.15) is 0 Å². The Balaban J connectivity index is 1.59. The van der Waals surface area contributed by atoms with Crippen LogP contribution in [0, 0.1) is 0 Å². The molecule has 2 fully saturated rings. The van der Waals surface area contributed by atoms with Crippen molar-refractivity contribution in [1.29, 1.82) is 0 Å². The van der Waals surface area contributed by atoms with Gasteiger partial charge in [-0.15, -0.1) is 0 Å². The Labute approximate surface area is 149 Å². The van der Waals surface area contributed by atoms with Crippen LogP contribution in [0.5, 0.6) is 0 Å². The average Bonchev–Trinajstić information content (AvgIpc) is 2.80. The minimum Gasteiger partial charge on any atom is -0.339 e. The third-order valence-corrected chi connectivity index (χ3v) is 4.85. The maximum atomic E-state index is 13.3. The molecule has 2 heterocycles. The van der Waals surface area contributed by atoms with Gasteiger partial charge in [0.25, 0.3) is 11.8 Å². The highest BCUT2D eigenvalue weighted by atomic mass is 35.5. The predicted molar refractivity (Wildman–Crippen MR) is 89.9 cm³/mol. The zero-order valence-corrected chi connectivity index (χ0v) is 14.4. The van der Waals surface area contributed by atoms with Gasteiger partial charge in [0.2, 0.25) is 5.91 Å². The molecule has 2 aliphatic rings. The highest BCUT2D eigenvalue weighted by Gasteiger charge is 2.43.